The number of hydrogen-bond acceptors (Lipinski definition) is 6. The van der Waals surface area contributed by atoms with Crippen molar-refractivity contribution >= 4 is 23.8 Å². The average molecular weight is 291 g/mol. The molecule has 1 aromatic rings. The van der Waals surface area contributed by atoms with Crippen LogP contribution in [0.5, 0.6) is 0 Å². The van der Waals surface area contributed by atoms with Crippen molar-refractivity contribution in [2.75, 3.05) is 7.11 Å². The third kappa shape index (κ3) is 2.76. The zero-order valence-electron chi connectivity index (χ0n) is 11.5. The summed E-state index contributed by atoms with van der Waals surface area (Å²) in [7, 11) is 1.20. The molecule has 0 saturated heterocycles. The first-order chi connectivity index (χ1) is 9.95. The molecule has 0 aliphatic carbocycles. The lowest BCUT2D eigenvalue weighted by molar-refractivity contribution is -0.174. The van der Waals surface area contributed by atoms with Gasteiger partial charge in [0.2, 0.25) is 0 Å². The predicted molar refractivity (Wildman–Crippen MR) is 68.8 cm³/mol. The lowest BCUT2D eigenvalue weighted by Gasteiger charge is -2.15. The molecule has 2 rings (SSSR count). The number of esters is 1. The number of rotatable bonds is 4. The van der Waals surface area contributed by atoms with Gasteiger partial charge in [0, 0.05) is 0 Å². The minimum absolute atomic E-state index is 0.177. The molecule has 1 aliphatic rings. The molecule has 0 aromatic heterocycles. The van der Waals surface area contributed by atoms with E-state index in [0.717, 1.165) is 0 Å². The fourth-order valence-electron chi connectivity index (χ4n) is 1.85. The van der Waals surface area contributed by atoms with Crippen molar-refractivity contribution in [3.63, 3.8) is 0 Å². The maximum Gasteiger partial charge on any atom is 0.336 e. The van der Waals surface area contributed by atoms with Gasteiger partial charge in [-0.25, -0.2) is 4.79 Å². The largest absolute Gasteiger partial charge is 0.469 e. The zero-order valence-corrected chi connectivity index (χ0v) is 11.5. The lowest BCUT2D eigenvalue weighted by Crippen LogP contribution is -2.35. The van der Waals surface area contributed by atoms with Gasteiger partial charge in [-0.1, -0.05) is 24.1 Å². The normalized spacial score (nSPS) is 14.7. The van der Waals surface area contributed by atoms with E-state index >= 15 is 0 Å². The molecule has 0 bridgehead atoms. The van der Waals surface area contributed by atoms with E-state index in [1.165, 1.54) is 26.2 Å². The maximum atomic E-state index is 12.0. The number of nitrogens with zero attached hydrogens (tertiary/aromatic N) is 1. The summed E-state index contributed by atoms with van der Waals surface area (Å²) < 4.78 is 4.44. The first-order valence-corrected chi connectivity index (χ1v) is 6.22. The minimum atomic E-state index is -0.852. The van der Waals surface area contributed by atoms with E-state index in [0.29, 0.717) is 5.06 Å². The third-order valence-electron chi connectivity index (χ3n) is 3.04. The second-order valence-corrected chi connectivity index (χ2v) is 4.54. The van der Waals surface area contributed by atoms with Gasteiger partial charge < -0.3 is 9.57 Å². The van der Waals surface area contributed by atoms with Gasteiger partial charge in [0.05, 0.1) is 30.6 Å². The summed E-state index contributed by atoms with van der Waals surface area (Å²) in [6, 6.07) is 6.16. The first kappa shape index (κ1) is 14.7. The van der Waals surface area contributed by atoms with Gasteiger partial charge in [-0.15, -0.1) is 0 Å². The molecule has 1 heterocycles. The van der Waals surface area contributed by atoms with Crippen LogP contribution >= 0.6 is 0 Å². The fourth-order valence-corrected chi connectivity index (χ4v) is 1.85. The van der Waals surface area contributed by atoms with E-state index in [9.17, 15) is 19.2 Å². The maximum absolute atomic E-state index is 12.0. The van der Waals surface area contributed by atoms with Gasteiger partial charge in [0.1, 0.15) is 0 Å². The molecular formula is C14H13NO6. The Balaban J connectivity index is 2.08. The molecule has 7 nitrogen and oxygen atoms in total. The molecule has 110 valence electrons. The molecule has 7 heteroatoms. The van der Waals surface area contributed by atoms with Crippen LogP contribution < -0.4 is 0 Å². The van der Waals surface area contributed by atoms with Crippen molar-refractivity contribution in [1.29, 1.82) is 0 Å². The van der Waals surface area contributed by atoms with Gasteiger partial charge in [-0.3, -0.25) is 14.4 Å². The van der Waals surface area contributed by atoms with E-state index in [-0.39, 0.29) is 17.5 Å². The van der Waals surface area contributed by atoms with Crippen LogP contribution in [0.3, 0.4) is 0 Å². The van der Waals surface area contributed by atoms with Crippen LogP contribution in [0.25, 0.3) is 0 Å². The summed E-state index contributed by atoms with van der Waals surface area (Å²) in [4.78, 5) is 51.7. The van der Waals surface area contributed by atoms with Crippen molar-refractivity contribution in [1.82, 2.24) is 5.06 Å². The highest BCUT2D eigenvalue weighted by atomic mass is 16.7. The smallest absolute Gasteiger partial charge is 0.336 e. The molecule has 0 spiro atoms. The molecule has 0 fully saturated rings. The number of carbonyl (C=O) groups is 4. The molecule has 0 radical (unpaired) electrons. The van der Waals surface area contributed by atoms with Crippen molar-refractivity contribution < 1.29 is 28.8 Å². The Labute approximate surface area is 120 Å². The Hall–Kier alpha value is -2.70. The van der Waals surface area contributed by atoms with Crippen LogP contribution in [0.15, 0.2) is 24.3 Å². The van der Waals surface area contributed by atoms with E-state index in [2.05, 4.69) is 4.74 Å². The SMILES string of the molecule is COC(=O)CC(C)C(=O)ON1C(=O)c2ccccc2C1=O. The zero-order chi connectivity index (χ0) is 15.6. The van der Waals surface area contributed by atoms with Crippen LogP contribution in [0, 0.1) is 5.92 Å². The monoisotopic (exact) mass is 291 g/mol. The summed E-state index contributed by atoms with van der Waals surface area (Å²) >= 11 is 0. The summed E-state index contributed by atoms with van der Waals surface area (Å²) in [5, 5.41) is 0.417. The van der Waals surface area contributed by atoms with E-state index in [4.69, 9.17) is 4.84 Å². The highest BCUT2D eigenvalue weighted by molar-refractivity contribution is 6.20. The number of methoxy groups -OCH3 is 1. The Morgan fingerprint density at radius 1 is 1.14 bits per heavy atom. The molecule has 0 saturated carbocycles. The minimum Gasteiger partial charge on any atom is -0.469 e. The van der Waals surface area contributed by atoms with Crippen LogP contribution in [0.2, 0.25) is 0 Å². The Kier molecular flexibility index (Phi) is 4.02. The molecule has 1 atom stereocenters. The quantitative estimate of drug-likeness (QED) is 0.605. The second-order valence-electron chi connectivity index (χ2n) is 4.54. The van der Waals surface area contributed by atoms with Crippen LogP contribution in [-0.4, -0.2) is 35.9 Å². The molecule has 2 amide bonds. The van der Waals surface area contributed by atoms with Gasteiger partial charge in [-0.05, 0) is 12.1 Å². The molecule has 1 unspecified atom stereocenters. The highest BCUT2D eigenvalue weighted by Crippen LogP contribution is 2.23. The number of ether oxygens (including phenoxy) is 1. The molecular weight excluding hydrogens is 278 g/mol. The third-order valence-corrected chi connectivity index (χ3v) is 3.04. The van der Waals surface area contributed by atoms with Crippen molar-refractivity contribution in [3.8, 4) is 0 Å². The average Bonchev–Trinajstić information content (AvgIpc) is 2.72. The van der Waals surface area contributed by atoms with Crippen LogP contribution in [0.4, 0.5) is 0 Å². The number of amides is 2. The summed E-state index contributed by atoms with van der Waals surface area (Å²) in [5.41, 5.74) is 0.354. The molecule has 1 aliphatic heterocycles. The Morgan fingerprint density at radius 2 is 1.67 bits per heavy atom. The summed E-state index contributed by atoms with van der Waals surface area (Å²) in [6.45, 7) is 1.44. The number of imide groups is 1. The highest BCUT2D eigenvalue weighted by Gasteiger charge is 2.39. The van der Waals surface area contributed by atoms with E-state index < -0.39 is 29.7 Å². The fraction of sp³-hybridized carbons (Fsp3) is 0.286. The van der Waals surface area contributed by atoms with Gasteiger partial charge in [-0.2, -0.15) is 0 Å². The molecule has 0 N–H and O–H groups in total. The predicted octanol–water partition coefficient (Wildman–Crippen LogP) is 0.940. The van der Waals surface area contributed by atoms with Crippen molar-refractivity contribution in [2.24, 2.45) is 5.92 Å². The van der Waals surface area contributed by atoms with E-state index in [1.807, 2.05) is 0 Å². The van der Waals surface area contributed by atoms with Crippen LogP contribution in [-0.2, 0) is 19.2 Å². The van der Waals surface area contributed by atoms with E-state index in [1.54, 1.807) is 12.1 Å². The summed E-state index contributed by atoms with van der Waals surface area (Å²) in [6.07, 6.45) is -0.196. The van der Waals surface area contributed by atoms with Gasteiger partial charge in [0.15, 0.2) is 0 Å². The molecule has 1 aromatic carbocycles. The number of fused-ring (bicyclic) bond motifs is 1. The Morgan fingerprint density at radius 3 is 2.14 bits per heavy atom. The number of hydroxylamine groups is 2. The molecule has 21 heavy (non-hydrogen) atoms. The number of benzene rings is 1. The number of hydrogen-bond donors (Lipinski definition) is 0. The first-order valence-electron chi connectivity index (χ1n) is 6.22. The van der Waals surface area contributed by atoms with Crippen molar-refractivity contribution in [3.05, 3.63) is 35.4 Å². The standard InChI is InChI=1S/C14H13NO6/c1-8(7-11(16)20-2)14(19)21-15-12(17)9-5-3-4-6-10(9)13(15)18/h3-6,8H,7H2,1-2H3. The van der Waals surface area contributed by atoms with Crippen LogP contribution in [0.1, 0.15) is 34.1 Å². The lowest BCUT2D eigenvalue weighted by atomic mass is 10.1. The number of carbonyl (C=O) groups excluding carboxylic acids is 4. The Bertz CT molecular complexity index is 589. The van der Waals surface area contributed by atoms with Crippen molar-refractivity contribution in [2.45, 2.75) is 13.3 Å². The van der Waals surface area contributed by atoms with Gasteiger partial charge >= 0.3 is 11.9 Å². The second kappa shape index (κ2) is 5.74. The van der Waals surface area contributed by atoms with Gasteiger partial charge in [0.25, 0.3) is 11.8 Å². The summed E-state index contributed by atoms with van der Waals surface area (Å²) in [5.74, 6) is -3.66. The topological polar surface area (TPSA) is 90.0 Å².